The van der Waals surface area contributed by atoms with Crippen molar-refractivity contribution in [2.24, 2.45) is 0 Å². The minimum absolute atomic E-state index is 0.290. The van der Waals surface area contributed by atoms with Gasteiger partial charge in [-0.15, -0.1) is 0 Å². The molecule has 0 saturated heterocycles. The minimum atomic E-state index is -0.605. The summed E-state index contributed by atoms with van der Waals surface area (Å²) in [5.74, 6) is 0. The third-order valence-electron chi connectivity index (χ3n) is 3.18. The molecule has 1 heterocycles. The molecule has 0 N–H and O–H groups in total. The van der Waals surface area contributed by atoms with E-state index in [9.17, 15) is 4.79 Å². The monoisotopic (exact) mass is 369 g/mol. The molecule has 3 rings (SSSR count). The third kappa shape index (κ3) is 2.92. The summed E-state index contributed by atoms with van der Waals surface area (Å²) in [5, 5.41) is 1.27. The van der Waals surface area contributed by atoms with Crippen molar-refractivity contribution < 1.29 is 4.79 Å². The van der Waals surface area contributed by atoms with E-state index in [0.717, 1.165) is 5.56 Å². The van der Waals surface area contributed by atoms with Gasteiger partial charge in [-0.3, -0.25) is 4.79 Å². The molecule has 0 saturated carbocycles. The summed E-state index contributed by atoms with van der Waals surface area (Å²) in [6.07, 6.45) is 0. The largest absolute Gasteiger partial charge is 0.276 e. The third-order valence-corrected chi connectivity index (χ3v) is 4.15. The molecule has 2 aromatic carbocycles. The predicted molar refractivity (Wildman–Crippen MR) is 92.4 cm³/mol. The van der Waals surface area contributed by atoms with Crippen molar-refractivity contribution >= 4 is 62.5 Å². The van der Waals surface area contributed by atoms with Crippen LogP contribution in [-0.4, -0.2) is 10.2 Å². The first-order valence-corrected chi connectivity index (χ1v) is 7.72. The van der Waals surface area contributed by atoms with E-state index in [1.807, 2.05) is 12.1 Å². The molecule has 0 radical (unpaired) electrons. The van der Waals surface area contributed by atoms with Crippen molar-refractivity contribution in [3.63, 3.8) is 0 Å². The molecule has 1 aromatic heterocycles. The van der Waals surface area contributed by atoms with Gasteiger partial charge in [-0.1, -0.05) is 46.9 Å². The van der Waals surface area contributed by atoms with Crippen LogP contribution in [0.3, 0.4) is 0 Å². The highest BCUT2D eigenvalue weighted by atomic mass is 35.5. The number of carbonyl (C=O) groups excluding carboxylic acids is 1. The quantitative estimate of drug-likeness (QED) is 0.499. The average molecular weight is 371 g/mol. The summed E-state index contributed by atoms with van der Waals surface area (Å²) < 4.78 is 0. The van der Waals surface area contributed by atoms with Crippen molar-refractivity contribution in [2.75, 3.05) is 0 Å². The number of rotatable bonds is 2. The van der Waals surface area contributed by atoms with Crippen molar-refractivity contribution in [3.8, 4) is 11.3 Å². The number of carbonyl (C=O) groups is 1. The molecule has 6 heteroatoms. The van der Waals surface area contributed by atoms with E-state index in [1.165, 1.54) is 0 Å². The fraction of sp³-hybridized carbons (Fsp3) is 0. The van der Waals surface area contributed by atoms with Crippen LogP contribution in [0.1, 0.15) is 10.4 Å². The molecular weight excluding hydrogens is 364 g/mol. The molecule has 0 aliphatic rings. The summed E-state index contributed by atoms with van der Waals surface area (Å²) in [6.45, 7) is 0. The summed E-state index contributed by atoms with van der Waals surface area (Å²) in [5.41, 5.74) is 2.19. The second-order valence-corrected chi connectivity index (χ2v) is 6.24. The van der Waals surface area contributed by atoms with E-state index in [-0.39, 0.29) is 0 Å². The van der Waals surface area contributed by atoms with Gasteiger partial charge >= 0.3 is 0 Å². The molecule has 0 fully saturated rings. The van der Waals surface area contributed by atoms with Crippen LogP contribution >= 0.6 is 46.4 Å². The van der Waals surface area contributed by atoms with Gasteiger partial charge in [0.1, 0.15) is 0 Å². The van der Waals surface area contributed by atoms with E-state index in [4.69, 9.17) is 46.4 Å². The molecular formula is C16H7Cl4NO. The smallest absolute Gasteiger partial charge is 0.253 e. The molecule has 2 nitrogen and oxygen atoms in total. The normalized spacial score (nSPS) is 10.9. The molecule has 110 valence electrons. The number of hydrogen-bond acceptors (Lipinski definition) is 2. The van der Waals surface area contributed by atoms with E-state index >= 15 is 0 Å². The number of halogens is 4. The van der Waals surface area contributed by atoms with Gasteiger partial charge in [0.25, 0.3) is 5.24 Å². The van der Waals surface area contributed by atoms with Crippen LogP contribution < -0.4 is 0 Å². The maximum Gasteiger partial charge on any atom is 0.253 e. The Kier molecular flexibility index (Phi) is 4.28. The van der Waals surface area contributed by atoms with Gasteiger partial charge in [-0.2, -0.15) is 0 Å². The standard InChI is InChI=1S/C16H7Cl4NO/c17-9-3-1-8(2-4-9)13-7-11(16(20)22)15-12(19)5-10(18)6-14(15)21-13/h1-7H. The molecule has 0 aliphatic heterocycles. The molecule has 3 aromatic rings. The fourth-order valence-electron chi connectivity index (χ4n) is 2.21. The SMILES string of the molecule is O=C(Cl)c1cc(-c2ccc(Cl)cc2)nc2cc(Cl)cc(Cl)c12. The zero-order valence-electron chi connectivity index (χ0n) is 10.9. The Hall–Kier alpha value is -1.32. The predicted octanol–water partition coefficient (Wildman–Crippen LogP) is 6.24. The van der Waals surface area contributed by atoms with Crippen LogP contribution in [0.25, 0.3) is 22.2 Å². The summed E-state index contributed by atoms with van der Waals surface area (Å²) >= 11 is 23.8. The lowest BCUT2D eigenvalue weighted by Gasteiger charge is -2.09. The molecule has 22 heavy (non-hydrogen) atoms. The maximum atomic E-state index is 11.8. The molecule has 0 unspecified atom stereocenters. The molecule has 0 amide bonds. The Balaban J connectivity index is 2.34. The highest BCUT2D eigenvalue weighted by Gasteiger charge is 2.15. The van der Waals surface area contributed by atoms with Gasteiger partial charge < -0.3 is 0 Å². The van der Waals surface area contributed by atoms with Gasteiger partial charge in [0.05, 0.1) is 16.2 Å². The van der Waals surface area contributed by atoms with Crippen LogP contribution in [0, 0.1) is 0 Å². The fourth-order valence-corrected chi connectivity index (χ4v) is 3.07. The zero-order valence-corrected chi connectivity index (χ0v) is 13.9. The second kappa shape index (κ2) is 6.05. The lowest BCUT2D eigenvalue weighted by molar-refractivity contribution is 0.108. The van der Waals surface area contributed by atoms with Gasteiger partial charge in [0.15, 0.2) is 0 Å². The first kappa shape index (κ1) is 15.6. The topological polar surface area (TPSA) is 30.0 Å². The van der Waals surface area contributed by atoms with Gasteiger partial charge in [0.2, 0.25) is 0 Å². The first-order chi connectivity index (χ1) is 10.5. The van der Waals surface area contributed by atoms with Gasteiger partial charge in [-0.25, -0.2) is 4.98 Å². The van der Waals surface area contributed by atoms with Crippen LogP contribution in [0.4, 0.5) is 0 Å². The molecule has 0 aliphatic carbocycles. The minimum Gasteiger partial charge on any atom is -0.276 e. The Morgan fingerprint density at radius 3 is 2.23 bits per heavy atom. The molecule has 0 spiro atoms. The van der Waals surface area contributed by atoms with Crippen molar-refractivity contribution in [1.29, 1.82) is 0 Å². The number of fused-ring (bicyclic) bond motifs is 1. The van der Waals surface area contributed by atoms with Gasteiger partial charge in [-0.05, 0) is 41.9 Å². The summed E-state index contributed by atoms with van der Waals surface area (Å²) in [7, 11) is 0. The molecule has 0 bridgehead atoms. The lowest BCUT2D eigenvalue weighted by atomic mass is 10.0. The average Bonchev–Trinajstić information content (AvgIpc) is 2.46. The van der Waals surface area contributed by atoms with E-state index in [0.29, 0.717) is 37.2 Å². The highest BCUT2D eigenvalue weighted by Crippen LogP contribution is 2.33. The second-order valence-electron chi connectivity index (χ2n) is 4.62. The maximum absolute atomic E-state index is 11.8. The van der Waals surface area contributed by atoms with Crippen molar-refractivity contribution in [2.45, 2.75) is 0 Å². The zero-order chi connectivity index (χ0) is 15.9. The van der Waals surface area contributed by atoms with E-state index in [2.05, 4.69) is 4.98 Å². The lowest BCUT2D eigenvalue weighted by Crippen LogP contribution is -1.96. The van der Waals surface area contributed by atoms with E-state index < -0.39 is 5.24 Å². The number of hydrogen-bond donors (Lipinski definition) is 0. The first-order valence-electron chi connectivity index (χ1n) is 6.21. The Labute approximate surface area is 146 Å². The summed E-state index contributed by atoms with van der Waals surface area (Å²) in [6, 6.07) is 11.9. The van der Waals surface area contributed by atoms with Crippen molar-refractivity contribution in [1.82, 2.24) is 4.98 Å². The van der Waals surface area contributed by atoms with Crippen LogP contribution in [0.2, 0.25) is 15.1 Å². The number of benzene rings is 2. The van der Waals surface area contributed by atoms with Crippen LogP contribution in [0.5, 0.6) is 0 Å². The summed E-state index contributed by atoms with van der Waals surface area (Å²) in [4.78, 5) is 16.3. The Morgan fingerprint density at radius 2 is 1.59 bits per heavy atom. The van der Waals surface area contributed by atoms with E-state index in [1.54, 1.807) is 30.3 Å². The molecule has 0 atom stereocenters. The van der Waals surface area contributed by atoms with Crippen LogP contribution in [0.15, 0.2) is 42.5 Å². The van der Waals surface area contributed by atoms with Crippen molar-refractivity contribution in [3.05, 3.63) is 63.1 Å². The number of nitrogens with zero attached hydrogens (tertiary/aromatic N) is 1. The van der Waals surface area contributed by atoms with Crippen LogP contribution in [-0.2, 0) is 0 Å². The Morgan fingerprint density at radius 1 is 0.909 bits per heavy atom. The van der Waals surface area contributed by atoms with Gasteiger partial charge in [0, 0.05) is 26.6 Å². The number of pyridine rings is 1. The number of aromatic nitrogens is 1. The Bertz CT molecular complexity index is 891. The highest BCUT2D eigenvalue weighted by molar-refractivity contribution is 6.69.